The highest BCUT2D eigenvalue weighted by Crippen LogP contribution is 2.02. The number of rotatable bonds is 4. The van der Waals surface area contributed by atoms with E-state index in [1.54, 1.807) is 4.90 Å². The predicted octanol–water partition coefficient (Wildman–Crippen LogP) is -1.18. The number of morpholine rings is 1. The minimum Gasteiger partial charge on any atom is -0.395 e. The average molecular weight is 202 g/mol. The molecule has 1 saturated heterocycles. The fraction of sp³-hybridized carbons (Fsp3) is 0.889. The normalized spacial score (nSPS) is 22.0. The number of aliphatic hydroxyl groups is 1. The lowest BCUT2D eigenvalue weighted by molar-refractivity contribution is -0.145. The minimum absolute atomic E-state index is 0.000269. The monoisotopic (exact) mass is 202 g/mol. The van der Waals surface area contributed by atoms with Gasteiger partial charge in [-0.15, -0.1) is 0 Å². The van der Waals surface area contributed by atoms with E-state index in [-0.39, 0.29) is 18.6 Å². The number of carbonyl (C=O) groups excluding carboxylic acids is 1. The number of likely N-dealkylation sites (N-methyl/N-ethyl adjacent to an activating group) is 1. The number of ether oxygens (including phenoxy) is 1. The molecule has 1 atom stereocenters. The van der Waals surface area contributed by atoms with Crippen LogP contribution in [0.2, 0.25) is 0 Å². The summed E-state index contributed by atoms with van der Waals surface area (Å²) in [5.41, 5.74) is 0. The molecule has 0 saturated carbocycles. The van der Waals surface area contributed by atoms with Crippen molar-refractivity contribution >= 4 is 5.91 Å². The van der Waals surface area contributed by atoms with E-state index >= 15 is 0 Å². The number of hydrogen-bond donors (Lipinski definition) is 2. The van der Waals surface area contributed by atoms with E-state index in [2.05, 4.69) is 5.32 Å². The maximum Gasteiger partial charge on any atom is 0.253 e. The smallest absolute Gasteiger partial charge is 0.253 e. The maximum absolute atomic E-state index is 11.8. The van der Waals surface area contributed by atoms with Crippen molar-refractivity contribution in [2.24, 2.45) is 0 Å². The van der Waals surface area contributed by atoms with Crippen molar-refractivity contribution in [2.45, 2.75) is 13.0 Å². The highest BCUT2D eigenvalue weighted by atomic mass is 16.5. The molecule has 1 unspecified atom stereocenters. The van der Waals surface area contributed by atoms with Gasteiger partial charge >= 0.3 is 0 Å². The lowest BCUT2D eigenvalue weighted by Gasteiger charge is -2.28. The van der Waals surface area contributed by atoms with Crippen molar-refractivity contribution in [3.05, 3.63) is 0 Å². The first-order valence-electron chi connectivity index (χ1n) is 5.01. The van der Waals surface area contributed by atoms with Gasteiger partial charge in [-0.05, 0) is 6.92 Å². The van der Waals surface area contributed by atoms with E-state index in [0.717, 1.165) is 6.54 Å². The minimum atomic E-state index is -0.379. The molecule has 0 aromatic rings. The lowest BCUT2D eigenvalue weighted by atomic mass is 10.2. The Kier molecular flexibility index (Phi) is 4.86. The number of amides is 1. The first-order chi connectivity index (χ1) is 6.79. The molecule has 0 bridgehead atoms. The lowest BCUT2D eigenvalue weighted by Crippen LogP contribution is -2.50. The molecule has 0 radical (unpaired) electrons. The van der Waals surface area contributed by atoms with Crippen LogP contribution in [-0.2, 0) is 9.53 Å². The molecule has 82 valence electrons. The molecule has 5 nitrogen and oxygen atoms in total. The van der Waals surface area contributed by atoms with Gasteiger partial charge in [0.1, 0.15) is 6.10 Å². The van der Waals surface area contributed by atoms with Crippen molar-refractivity contribution < 1.29 is 14.6 Å². The molecular weight excluding hydrogens is 184 g/mol. The predicted molar refractivity (Wildman–Crippen MR) is 51.9 cm³/mol. The fourth-order valence-electron chi connectivity index (χ4n) is 1.47. The first-order valence-corrected chi connectivity index (χ1v) is 5.01. The quantitative estimate of drug-likeness (QED) is 0.602. The Balaban J connectivity index is 2.43. The molecule has 1 rings (SSSR count). The third-order valence-corrected chi connectivity index (χ3v) is 2.27. The topological polar surface area (TPSA) is 61.8 Å². The van der Waals surface area contributed by atoms with Crippen molar-refractivity contribution in [3.63, 3.8) is 0 Å². The van der Waals surface area contributed by atoms with Gasteiger partial charge in [0.15, 0.2) is 0 Å². The Bertz CT molecular complexity index is 174. The SMILES string of the molecule is CCN(CCO)C(=O)C1CNCCO1. The van der Waals surface area contributed by atoms with Crippen LogP contribution in [0.15, 0.2) is 0 Å². The summed E-state index contributed by atoms with van der Waals surface area (Å²) < 4.78 is 5.33. The van der Waals surface area contributed by atoms with E-state index in [0.29, 0.717) is 26.2 Å². The van der Waals surface area contributed by atoms with Crippen LogP contribution in [0.25, 0.3) is 0 Å². The van der Waals surface area contributed by atoms with Gasteiger partial charge in [0.2, 0.25) is 0 Å². The van der Waals surface area contributed by atoms with E-state index in [9.17, 15) is 4.79 Å². The summed E-state index contributed by atoms with van der Waals surface area (Å²) in [6.07, 6.45) is -0.379. The molecule has 1 heterocycles. The van der Waals surface area contributed by atoms with Crippen LogP contribution in [0, 0.1) is 0 Å². The Morgan fingerprint density at radius 1 is 1.71 bits per heavy atom. The summed E-state index contributed by atoms with van der Waals surface area (Å²) in [7, 11) is 0. The van der Waals surface area contributed by atoms with Gasteiger partial charge in [-0.3, -0.25) is 4.79 Å². The van der Waals surface area contributed by atoms with Gasteiger partial charge in [-0.2, -0.15) is 0 Å². The second-order valence-corrected chi connectivity index (χ2v) is 3.21. The van der Waals surface area contributed by atoms with Crippen molar-refractivity contribution in [2.75, 3.05) is 39.4 Å². The summed E-state index contributed by atoms with van der Waals surface area (Å²) in [6.45, 7) is 4.84. The molecule has 14 heavy (non-hydrogen) atoms. The van der Waals surface area contributed by atoms with Gasteiger partial charge < -0.3 is 20.1 Å². The van der Waals surface area contributed by atoms with E-state index in [4.69, 9.17) is 9.84 Å². The standard InChI is InChI=1S/C9H18N2O3/c1-2-11(4-5-12)9(13)8-7-10-3-6-14-8/h8,10,12H,2-7H2,1H3. The van der Waals surface area contributed by atoms with Gasteiger partial charge in [0.05, 0.1) is 13.2 Å². The second kappa shape index (κ2) is 5.95. The molecule has 5 heteroatoms. The van der Waals surface area contributed by atoms with E-state index < -0.39 is 0 Å². The second-order valence-electron chi connectivity index (χ2n) is 3.21. The molecule has 0 spiro atoms. The molecule has 0 aromatic carbocycles. The summed E-state index contributed by atoms with van der Waals surface area (Å²) in [4.78, 5) is 13.4. The molecule has 0 aromatic heterocycles. The van der Waals surface area contributed by atoms with Crippen LogP contribution in [0.4, 0.5) is 0 Å². The summed E-state index contributed by atoms with van der Waals surface area (Å²) in [5.74, 6) is -0.0336. The highest BCUT2D eigenvalue weighted by molar-refractivity contribution is 5.81. The van der Waals surface area contributed by atoms with E-state index in [1.807, 2.05) is 6.92 Å². The van der Waals surface area contributed by atoms with Crippen LogP contribution < -0.4 is 5.32 Å². The third kappa shape index (κ3) is 2.94. The van der Waals surface area contributed by atoms with Crippen molar-refractivity contribution in [3.8, 4) is 0 Å². The number of nitrogens with one attached hydrogen (secondary N) is 1. The van der Waals surface area contributed by atoms with Crippen LogP contribution in [0.1, 0.15) is 6.92 Å². The first kappa shape index (κ1) is 11.4. The van der Waals surface area contributed by atoms with Crippen LogP contribution in [0.5, 0.6) is 0 Å². The van der Waals surface area contributed by atoms with Gasteiger partial charge in [-0.1, -0.05) is 0 Å². The van der Waals surface area contributed by atoms with Gasteiger partial charge in [0.25, 0.3) is 5.91 Å². The number of aliphatic hydroxyl groups excluding tert-OH is 1. The molecule has 1 amide bonds. The Morgan fingerprint density at radius 2 is 2.50 bits per heavy atom. The van der Waals surface area contributed by atoms with E-state index in [1.165, 1.54) is 0 Å². The summed E-state index contributed by atoms with van der Waals surface area (Å²) >= 11 is 0. The van der Waals surface area contributed by atoms with Crippen LogP contribution >= 0.6 is 0 Å². The molecule has 1 fully saturated rings. The number of carbonyl (C=O) groups is 1. The Labute approximate surface area is 84.0 Å². The highest BCUT2D eigenvalue weighted by Gasteiger charge is 2.25. The average Bonchev–Trinajstić information content (AvgIpc) is 2.26. The van der Waals surface area contributed by atoms with Crippen molar-refractivity contribution in [1.29, 1.82) is 0 Å². The molecule has 1 aliphatic heterocycles. The molecule has 2 N–H and O–H groups in total. The molecule has 0 aliphatic carbocycles. The molecule has 1 aliphatic rings. The fourth-order valence-corrected chi connectivity index (χ4v) is 1.47. The van der Waals surface area contributed by atoms with Gasteiger partial charge in [0, 0.05) is 26.2 Å². The van der Waals surface area contributed by atoms with Gasteiger partial charge in [-0.25, -0.2) is 0 Å². The number of nitrogens with zero attached hydrogens (tertiary/aromatic N) is 1. The van der Waals surface area contributed by atoms with Crippen LogP contribution in [-0.4, -0.2) is 61.4 Å². The summed E-state index contributed by atoms with van der Waals surface area (Å²) in [6, 6.07) is 0. The number of hydrogen-bond acceptors (Lipinski definition) is 4. The van der Waals surface area contributed by atoms with Crippen molar-refractivity contribution in [1.82, 2.24) is 10.2 Å². The Morgan fingerprint density at radius 3 is 3.00 bits per heavy atom. The zero-order valence-corrected chi connectivity index (χ0v) is 8.53. The zero-order valence-electron chi connectivity index (χ0n) is 8.53. The Hall–Kier alpha value is -0.650. The zero-order chi connectivity index (χ0) is 10.4. The summed E-state index contributed by atoms with van der Waals surface area (Å²) in [5, 5.41) is 11.9. The third-order valence-electron chi connectivity index (χ3n) is 2.27. The van der Waals surface area contributed by atoms with Crippen LogP contribution in [0.3, 0.4) is 0 Å². The largest absolute Gasteiger partial charge is 0.395 e. The molecular formula is C9H18N2O3. The maximum atomic E-state index is 11.8.